The number of nitrogens with two attached hydrogens (primary N) is 2. The summed E-state index contributed by atoms with van der Waals surface area (Å²) >= 11 is 0. The lowest BCUT2D eigenvalue weighted by atomic mass is 9.88. The summed E-state index contributed by atoms with van der Waals surface area (Å²) in [6, 6.07) is 7.95. The quantitative estimate of drug-likeness (QED) is 0.586. The summed E-state index contributed by atoms with van der Waals surface area (Å²) in [6.07, 6.45) is 6.28. The van der Waals surface area contributed by atoms with Crippen molar-refractivity contribution in [3.8, 4) is 11.3 Å². The summed E-state index contributed by atoms with van der Waals surface area (Å²) in [6.45, 7) is 1.54. The third-order valence-electron chi connectivity index (χ3n) is 5.74. The SMILES string of the molecule is CC(=O)NC1CC=C(c2c(-c3ccc(CC(N)=O)cc3)n(C)c3ncnc(N)c23)CC1. The van der Waals surface area contributed by atoms with Crippen molar-refractivity contribution in [2.24, 2.45) is 12.8 Å². The number of rotatable bonds is 5. The summed E-state index contributed by atoms with van der Waals surface area (Å²) in [5.74, 6) is 0.0701. The average molecular weight is 419 g/mol. The van der Waals surface area contributed by atoms with E-state index in [1.165, 1.54) is 11.9 Å². The van der Waals surface area contributed by atoms with Gasteiger partial charge in [-0.1, -0.05) is 30.3 Å². The molecular formula is C23H26N6O2. The molecule has 2 aromatic heterocycles. The van der Waals surface area contributed by atoms with Gasteiger partial charge in [-0.3, -0.25) is 9.59 Å². The van der Waals surface area contributed by atoms with E-state index in [2.05, 4.69) is 21.4 Å². The number of nitrogens with zero attached hydrogens (tertiary/aromatic N) is 3. The van der Waals surface area contributed by atoms with Gasteiger partial charge in [0, 0.05) is 25.6 Å². The molecule has 0 radical (unpaired) electrons. The Labute approximate surface area is 180 Å². The number of nitrogen functional groups attached to an aromatic ring is 1. The molecule has 0 saturated carbocycles. The van der Waals surface area contributed by atoms with Gasteiger partial charge in [-0.05, 0) is 36.0 Å². The number of aromatic nitrogens is 3. The van der Waals surface area contributed by atoms with Crippen LogP contribution in [0.3, 0.4) is 0 Å². The molecule has 2 amide bonds. The van der Waals surface area contributed by atoms with Crippen LogP contribution in [0.5, 0.6) is 0 Å². The molecule has 8 nitrogen and oxygen atoms in total. The molecule has 4 rings (SSSR count). The number of aryl methyl sites for hydroxylation is 1. The molecule has 8 heteroatoms. The topological polar surface area (TPSA) is 129 Å². The van der Waals surface area contributed by atoms with E-state index in [1.54, 1.807) is 6.92 Å². The van der Waals surface area contributed by atoms with Gasteiger partial charge < -0.3 is 21.4 Å². The molecule has 1 atom stereocenters. The maximum Gasteiger partial charge on any atom is 0.221 e. The first kappa shape index (κ1) is 20.6. The van der Waals surface area contributed by atoms with Crippen LogP contribution in [-0.2, 0) is 23.1 Å². The zero-order valence-corrected chi connectivity index (χ0v) is 17.7. The predicted molar refractivity (Wildman–Crippen MR) is 121 cm³/mol. The molecule has 160 valence electrons. The van der Waals surface area contributed by atoms with Crippen LogP contribution in [0.1, 0.15) is 37.3 Å². The van der Waals surface area contributed by atoms with E-state index in [0.717, 1.165) is 52.7 Å². The molecular weight excluding hydrogens is 392 g/mol. The fraction of sp³-hybridized carbons (Fsp3) is 0.304. The van der Waals surface area contributed by atoms with Gasteiger partial charge in [-0.15, -0.1) is 0 Å². The smallest absolute Gasteiger partial charge is 0.221 e. The minimum atomic E-state index is -0.359. The van der Waals surface area contributed by atoms with Crippen molar-refractivity contribution in [2.75, 3.05) is 5.73 Å². The number of carbonyl (C=O) groups is 2. The monoisotopic (exact) mass is 418 g/mol. The van der Waals surface area contributed by atoms with Gasteiger partial charge in [0.2, 0.25) is 11.8 Å². The Kier molecular flexibility index (Phi) is 5.46. The Morgan fingerprint density at radius 2 is 1.97 bits per heavy atom. The summed E-state index contributed by atoms with van der Waals surface area (Å²) in [5.41, 5.74) is 17.4. The highest BCUT2D eigenvalue weighted by Gasteiger charge is 2.25. The van der Waals surface area contributed by atoms with Crippen LogP contribution in [0, 0.1) is 0 Å². The fourth-order valence-electron chi connectivity index (χ4n) is 4.39. The third-order valence-corrected chi connectivity index (χ3v) is 5.74. The number of nitrogens with one attached hydrogen (secondary N) is 1. The Morgan fingerprint density at radius 3 is 2.58 bits per heavy atom. The van der Waals surface area contributed by atoms with Crippen LogP contribution in [0.4, 0.5) is 5.82 Å². The molecule has 0 aliphatic heterocycles. The van der Waals surface area contributed by atoms with Crippen LogP contribution in [0.2, 0.25) is 0 Å². The summed E-state index contributed by atoms with van der Waals surface area (Å²) < 4.78 is 2.03. The van der Waals surface area contributed by atoms with Crippen LogP contribution in [0.25, 0.3) is 27.9 Å². The van der Waals surface area contributed by atoms with Crippen molar-refractivity contribution in [2.45, 2.75) is 38.6 Å². The van der Waals surface area contributed by atoms with Gasteiger partial charge >= 0.3 is 0 Å². The molecule has 1 aromatic carbocycles. The van der Waals surface area contributed by atoms with Gasteiger partial charge in [0.25, 0.3) is 0 Å². The molecule has 1 aliphatic rings. The Balaban J connectivity index is 1.84. The van der Waals surface area contributed by atoms with Crippen molar-refractivity contribution in [3.63, 3.8) is 0 Å². The molecule has 0 saturated heterocycles. The zero-order chi connectivity index (χ0) is 22.1. The van der Waals surface area contributed by atoms with E-state index in [4.69, 9.17) is 11.5 Å². The maximum atomic E-state index is 11.4. The van der Waals surface area contributed by atoms with E-state index >= 15 is 0 Å². The number of primary amides is 1. The second-order valence-electron chi connectivity index (χ2n) is 7.98. The van der Waals surface area contributed by atoms with Gasteiger partial charge in [0.05, 0.1) is 17.5 Å². The Morgan fingerprint density at radius 1 is 1.23 bits per heavy atom. The third kappa shape index (κ3) is 4.01. The van der Waals surface area contributed by atoms with Crippen LogP contribution >= 0.6 is 0 Å². The van der Waals surface area contributed by atoms with Crippen LogP contribution in [-0.4, -0.2) is 32.4 Å². The van der Waals surface area contributed by atoms with Crippen molar-refractivity contribution < 1.29 is 9.59 Å². The van der Waals surface area contributed by atoms with Gasteiger partial charge in [-0.25, -0.2) is 9.97 Å². The molecule has 0 fully saturated rings. The lowest BCUT2D eigenvalue weighted by Crippen LogP contribution is -2.33. The normalized spacial score (nSPS) is 16.2. The molecule has 2 heterocycles. The molecule has 0 spiro atoms. The number of hydrogen-bond acceptors (Lipinski definition) is 5. The van der Waals surface area contributed by atoms with Gasteiger partial charge in [-0.2, -0.15) is 0 Å². The summed E-state index contributed by atoms with van der Waals surface area (Å²) in [4.78, 5) is 31.4. The molecule has 5 N–H and O–H groups in total. The first-order valence-corrected chi connectivity index (χ1v) is 10.3. The molecule has 0 bridgehead atoms. The minimum Gasteiger partial charge on any atom is -0.383 e. The van der Waals surface area contributed by atoms with Gasteiger partial charge in [0.1, 0.15) is 17.8 Å². The lowest BCUT2D eigenvalue weighted by molar-refractivity contribution is -0.120. The van der Waals surface area contributed by atoms with E-state index in [-0.39, 0.29) is 24.3 Å². The van der Waals surface area contributed by atoms with Crippen molar-refractivity contribution in [3.05, 3.63) is 47.8 Å². The standard InChI is InChI=1S/C23H26N6O2/c1-13(30)28-17-9-7-15(8-10-17)19-20-22(25)26-12-27-23(20)29(2)21(19)16-5-3-14(4-6-16)11-18(24)31/h3-7,12,17H,8-11H2,1-2H3,(H2,24,31)(H,28,30)(H2,25,26,27). The first-order chi connectivity index (χ1) is 14.8. The van der Waals surface area contributed by atoms with Crippen LogP contribution in [0.15, 0.2) is 36.7 Å². The second kappa shape index (κ2) is 8.22. The molecule has 3 aromatic rings. The number of carbonyl (C=O) groups excluding carboxylic acids is 2. The minimum absolute atomic E-state index is 0.0126. The molecule has 1 aliphatic carbocycles. The van der Waals surface area contributed by atoms with E-state index in [0.29, 0.717) is 5.82 Å². The summed E-state index contributed by atoms with van der Waals surface area (Å²) in [5, 5.41) is 3.84. The lowest BCUT2D eigenvalue weighted by Gasteiger charge is -2.23. The Bertz CT molecular complexity index is 1190. The van der Waals surface area contributed by atoms with Gasteiger partial charge in [0.15, 0.2) is 0 Å². The average Bonchev–Trinajstić information content (AvgIpc) is 3.02. The number of hydrogen-bond donors (Lipinski definition) is 3. The van der Waals surface area contributed by atoms with E-state index in [1.807, 2.05) is 35.9 Å². The molecule has 31 heavy (non-hydrogen) atoms. The highest BCUT2D eigenvalue weighted by atomic mass is 16.1. The van der Waals surface area contributed by atoms with Crippen molar-refractivity contribution in [1.82, 2.24) is 19.9 Å². The number of amides is 2. The molecule has 1 unspecified atom stereocenters. The van der Waals surface area contributed by atoms with Crippen molar-refractivity contribution >= 4 is 34.2 Å². The van der Waals surface area contributed by atoms with Crippen LogP contribution < -0.4 is 16.8 Å². The highest BCUT2D eigenvalue weighted by molar-refractivity contribution is 6.04. The van der Waals surface area contributed by atoms with E-state index in [9.17, 15) is 9.59 Å². The van der Waals surface area contributed by atoms with Crippen molar-refractivity contribution in [1.29, 1.82) is 0 Å². The first-order valence-electron chi connectivity index (χ1n) is 10.3. The predicted octanol–water partition coefficient (Wildman–Crippen LogP) is 2.32. The Hall–Kier alpha value is -3.68. The number of allylic oxidation sites excluding steroid dienone is 1. The highest BCUT2D eigenvalue weighted by Crippen LogP contribution is 2.41. The largest absolute Gasteiger partial charge is 0.383 e. The number of anilines is 1. The maximum absolute atomic E-state index is 11.4. The zero-order valence-electron chi connectivity index (χ0n) is 17.7. The second-order valence-corrected chi connectivity index (χ2v) is 7.98. The summed E-state index contributed by atoms with van der Waals surface area (Å²) in [7, 11) is 1.97. The van der Waals surface area contributed by atoms with E-state index < -0.39 is 0 Å². The number of fused-ring (bicyclic) bond motifs is 1. The number of benzene rings is 1. The fourth-order valence-corrected chi connectivity index (χ4v) is 4.39.